The summed E-state index contributed by atoms with van der Waals surface area (Å²) < 4.78 is 18.4. The number of rotatable bonds is 5. The minimum Gasteiger partial charge on any atom is -0.383 e. The molecule has 5 heteroatoms. The number of benzene rings is 1. The predicted octanol–water partition coefficient (Wildman–Crippen LogP) is 1.94. The Labute approximate surface area is 131 Å². The number of carbonyl (C=O) groups is 1. The summed E-state index contributed by atoms with van der Waals surface area (Å²) in [5, 5.41) is 0. The maximum atomic E-state index is 13.2. The van der Waals surface area contributed by atoms with Crippen molar-refractivity contribution in [2.45, 2.75) is 32.4 Å². The first-order valence-electron chi connectivity index (χ1n) is 7.78. The smallest absolute Gasteiger partial charge is 0.227 e. The van der Waals surface area contributed by atoms with E-state index in [1.807, 2.05) is 4.90 Å². The number of nitrogens with zero attached hydrogens (tertiary/aromatic N) is 2. The lowest BCUT2D eigenvalue weighted by atomic mass is 10.1. The molecule has 0 spiro atoms. The highest BCUT2D eigenvalue weighted by Crippen LogP contribution is 2.17. The van der Waals surface area contributed by atoms with Crippen molar-refractivity contribution in [3.05, 3.63) is 35.6 Å². The molecule has 0 aromatic heterocycles. The first kappa shape index (κ1) is 16.9. The molecule has 0 bridgehead atoms. The molecule has 0 saturated carbocycles. The van der Waals surface area contributed by atoms with Crippen molar-refractivity contribution in [3.63, 3.8) is 0 Å². The number of hydrogen-bond donors (Lipinski definition) is 0. The Morgan fingerprint density at radius 3 is 2.59 bits per heavy atom. The van der Waals surface area contributed by atoms with Gasteiger partial charge in [-0.1, -0.05) is 12.1 Å². The summed E-state index contributed by atoms with van der Waals surface area (Å²) in [6.07, 6.45) is 0.259. The molecule has 1 fully saturated rings. The third-order valence-electron chi connectivity index (χ3n) is 4.25. The molecular formula is C17H25FN2O2. The summed E-state index contributed by atoms with van der Waals surface area (Å²) in [5.41, 5.74) is 0.729. The molecule has 4 nitrogen and oxygen atoms in total. The molecule has 2 unspecified atom stereocenters. The van der Waals surface area contributed by atoms with E-state index in [0.717, 1.165) is 12.1 Å². The van der Waals surface area contributed by atoms with Crippen molar-refractivity contribution in [1.82, 2.24) is 9.80 Å². The van der Waals surface area contributed by atoms with Gasteiger partial charge in [-0.05, 0) is 31.5 Å². The van der Waals surface area contributed by atoms with Crippen LogP contribution in [-0.4, -0.2) is 61.1 Å². The molecule has 1 amide bonds. The Morgan fingerprint density at radius 1 is 1.32 bits per heavy atom. The average Bonchev–Trinajstić information content (AvgIpc) is 2.46. The van der Waals surface area contributed by atoms with E-state index in [-0.39, 0.29) is 18.1 Å². The second kappa shape index (κ2) is 7.70. The van der Waals surface area contributed by atoms with Gasteiger partial charge in [-0.15, -0.1) is 0 Å². The largest absolute Gasteiger partial charge is 0.383 e. The van der Waals surface area contributed by atoms with Crippen LogP contribution in [0.15, 0.2) is 24.3 Å². The van der Waals surface area contributed by atoms with Crippen LogP contribution in [0, 0.1) is 5.82 Å². The summed E-state index contributed by atoms with van der Waals surface area (Å²) in [6.45, 7) is 7.27. The average molecular weight is 308 g/mol. The van der Waals surface area contributed by atoms with Crippen molar-refractivity contribution < 1.29 is 13.9 Å². The van der Waals surface area contributed by atoms with E-state index < -0.39 is 0 Å². The lowest BCUT2D eigenvalue weighted by Gasteiger charge is -2.44. The van der Waals surface area contributed by atoms with E-state index in [9.17, 15) is 9.18 Å². The monoisotopic (exact) mass is 308 g/mol. The highest BCUT2D eigenvalue weighted by atomic mass is 19.1. The summed E-state index contributed by atoms with van der Waals surface area (Å²) in [6, 6.07) is 6.87. The summed E-state index contributed by atoms with van der Waals surface area (Å²) in [7, 11) is 1.70. The highest BCUT2D eigenvalue weighted by molar-refractivity contribution is 5.79. The summed E-state index contributed by atoms with van der Waals surface area (Å²) in [5.74, 6) is -0.230. The Balaban J connectivity index is 1.94. The molecular weight excluding hydrogens is 283 g/mol. The second-order valence-electron chi connectivity index (χ2n) is 6.03. The topological polar surface area (TPSA) is 32.8 Å². The minimum atomic E-state index is -0.295. The van der Waals surface area contributed by atoms with E-state index in [4.69, 9.17) is 4.74 Å². The van der Waals surface area contributed by atoms with Gasteiger partial charge >= 0.3 is 0 Å². The van der Waals surface area contributed by atoms with E-state index in [1.165, 1.54) is 12.1 Å². The fourth-order valence-corrected chi connectivity index (χ4v) is 3.13. The Kier molecular flexibility index (Phi) is 5.91. The molecule has 1 aliphatic rings. The number of halogens is 1. The molecule has 0 aliphatic carbocycles. The van der Waals surface area contributed by atoms with E-state index in [2.05, 4.69) is 18.7 Å². The number of ether oxygens (including phenoxy) is 1. The summed E-state index contributed by atoms with van der Waals surface area (Å²) >= 11 is 0. The van der Waals surface area contributed by atoms with E-state index in [0.29, 0.717) is 31.8 Å². The van der Waals surface area contributed by atoms with E-state index in [1.54, 1.807) is 19.2 Å². The normalized spacial score (nSPS) is 22.8. The zero-order valence-electron chi connectivity index (χ0n) is 13.6. The van der Waals surface area contributed by atoms with Gasteiger partial charge in [0.2, 0.25) is 5.91 Å². The lowest BCUT2D eigenvalue weighted by Crippen LogP contribution is -2.58. The Morgan fingerprint density at radius 2 is 2.00 bits per heavy atom. The van der Waals surface area contributed by atoms with Gasteiger partial charge in [-0.25, -0.2) is 4.39 Å². The minimum absolute atomic E-state index is 0.0655. The third-order valence-corrected chi connectivity index (χ3v) is 4.25. The van der Waals surface area contributed by atoms with E-state index >= 15 is 0 Å². The molecule has 0 radical (unpaired) electrons. The number of amides is 1. The van der Waals surface area contributed by atoms with Crippen LogP contribution >= 0.6 is 0 Å². The Hall–Kier alpha value is -1.46. The molecule has 1 saturated heterocycles. The molecule has 0 N–H and O–H groups in total. The first-order valence-corrected chi connectivity index (χ1v) is 7.78. The fraction of sp³-hybridized carbons (Fsp3) is 0.588. The third kappa shape index (κ3) is 4.27. The Bertz CT molecular complexity index is 497. The molecule has 1 heterocycles. The van der Waals surface area contributed by atoms with Gasteiger partial charge < -0.3 is 9.64 Å². The van der Waals surface area contributed by atoms with Gasteiger partial charge in [0.1, 0.15) is 5.82 Å². The van der Waals surface area contributed by atoms with Gasteiger partial charge in [0.15, 0.2) is 0 Å². The zero-order valence-corrected chi connectivity index (χ0v) is 13.6. The molecule has 1 aliphatic heterocycles. The number of carbonyl (C=O) groups excluding carboxylic acids is 1. The maximum absolute atomic E-state index is 13.2. The standard InChI is InChI=1S/C17H25FN2O2/c1-13-11-19(12-14(2)20(13)7-8-22-3)17(21)10-15-5-4-6-16(18)9-15/h4-6,9,13-14H,7-8,10-12H2,1-3H3. The van der Waals surface area contributed by atoms with Crippen LogP contribution in [0.25, 0.3) is 0 Å². The van der Waals surface area contributed by atoms with Crippen molar-refractivity contribution in [1.29, 1.82) is 0 Å². The summed E-state index contributed by atoms with van der Waals surface area (Å²) in [4.78, 5) is 16.7. The van der Waals surface area contributed by atoms with Crippen molar-refractivity contribution in [2.75, 3.05) is 33.4 Å². The first-order chi connectivity index (χ1) is 10.5. The van der Waals surface area contributed by atoms with Crippen LogP contribution in [0.3, 0.4) is 0 Å². The van der Waals surface area contributed by atoms with Gasteiger partial charge in [0.25, 0.3) is 0 Å². The molecule has 1 aromatic rings. The van der Waals surface area contributed by atoms with Crippen LogP contribution < -0.4 is 0 Å². The lowest BCUT2D eigenvalue weighted by molar-refractivity contribution is -0.135. The number of piperazine rings is 1. The maximum Gasteiger partial charge on any atom is 0.227 e. The zero-order chi connectivity index (χ0) is 16.1. The predicted molar refractivity (Wildman–Crippen MR) is 84.2 cm³/mol. The highest BCUT2D eigenvalue weighted by Gasteiger charge is 2.31. The van der Waals surface area contributed by atoms with Crippen LogP contribution in [0.4, 0.5) is 4.39 Å². The van der Waals surface area contributed by atoms with Gasteiger partial charge in [-0.2, -0.15) is 0 Å². The molecule has 122 valence electrons. The molecule has 2 atom stereocenters. The van der Waals surface area contributed by atoms with Crippen LogP contribution in [-0.2, 0) is 16.0 Å². The van der Waals surface area contributed by atoms with Crippen molar-refractivity contribution in [2.24, 2.45) is 0 Å². The quantitative estimate of drug-likeness (QED) is 0.833. The van der Waals surface area contributed by atoms with Crippen LogP contribution in [0.2, 0.25) is 0 Å². The van der Waals surface area contributed by atoms with Crippen LogP contribution in [0.5, 0.6) is 0 Å². The molecule has 1 aromatic carbocycles. The molecule has 2 rings (SSSR count). The van der Waals surface area contributed by atoms with Gasteiger partial charge in [0, 0.05) is 38.8 Å². The van der Waals surface area contributed by atoms with Gasteiger partial charge in [-0.3, -0.25) is 9.69 Å². The van der Waals surface area contributed by atoms with Crippen LogP contribution in [0.1, 0.15) is 19.4 Å². The number of methoxy groups -OCH3 is 1. The van der Waals surface area contributed by atoms with Crippen molar-refractivity contribution >= 4 is 5.91 Å². The SMILES string of the molecule is COCCN1C(C)CN(C(=O)Cc2cccc(F)c2)CC1C. The fourth-order valence-electron chi connectivity index (χ4n) is 3.13. The molecule has 22 heavy (non-hydrogen) atoms. The second-order valence-corrected chi connectivity index (χ2v) is 6.03. The van der Waals surface area contributed by atoms with Crippen molar-refractivity contribution in [3.8, 4) is 0 Å². The van der Waals surface area contributed by atoms with Gasteiger partial charge in [0.05, 0.1) is 13.0 Å². The number of hydrogen-bond acceptors (Lipinski definition) is 3.